The lowest BCUT2D eigenvalue weighted by molar-refractivity contribution is -0.925. The van der Waals surface area contributed by atoms with Crippen molar-refractivity contribution in [3.63, 3.8) is 0 Å². The van der Waals surface area contributed by atoms with Crippen LogP contribution in [0.25, 0.3) is 0 Å². The normalized spacial score (nSPS) is 17.7. The molecule has 1 saturated heterocycles. The fourth-order valence-corrected chi connectivity index (χ4v) is 2.12. The van der Waals surface area contributed by atoms with E-state index in [4.69, 9.17) is 17.7 Å². The van der Waals surface area contributed by atoms with Crippen LogP contribution in [0, 0.1) is 0 Å². The van der Waals surface area contributed by atoms with Crippen molar-refractivity contribution in [2.75, 3.05) is 39.3 Å². The molecule has 0 aromatic heterocycles. The Kier molecular flexibility index (Phi) is 9.41. The predicted molar refractivity (Wildman–Crippen MR) is 81.1 cm³/mol. The van der Waals surface area contributed by atoms with Gasteiger partial charge in [-0.3, -0.25) is 0 Å². The topological polar surface area (TPSA) is 82.1 Å². The Morgan fingerprint density at radius 3 is 2.17 bits per heavy atom. The summed E-state index contributed by atoms with van der Waals surface area (Å²) in [7, 11) is -6.09. The molecule has 0 bridgehead atoms. The molecule has 1 fully saturated rings. The van der Waals surface area contributed by atoms with Crippen LogP contribution in [0.15, 0.2) is 4.99 Å². The standard InChI is InChI=1S/C11H21N2OS.CHF3O3S/c1-3-13(4-2,8-11-9-14-11)7-5-6-12-10-15;2-1(3,4)8(5,6)7/h11H,3-9H2,1-2H3;(H,5,6,7)/q+1;/p-1. The zero-order valence-electron chi connectivity index (χ0n) is 13.0. The molecule has 0 aromatic rings. The highest BCUT2D eigenvalue weighted by molar-refractivity contribution is 7.86. The number of nitrogens with zero attached hydrogens (tertiary/aromatic N) is 2. The second kappa shape index (κ2) is 9.65. The Morgan fingerprint density at radius 2 is 1.87 bits per heavy atom. The van der Waals surface area contributed by atoms with E-state index in [9.17, 15) is 13.2 Å². The maximum Gasteiger partial charge on any atom is 0.485 e. The smallest absolute Gasteiger partial charge is 0.485 e. The molecule has 0 spiro atoms. The lowest BCUT2D eigenvalue weighted by Crippen LogP contribution is -2.51. The first kappa shape index (κ1) is 22.4. The predicted octanol–water partition coefficient (Wildman–Crippen LogP) is 1.79. The molecule has 1 aliphatic rings. The molecule has 0 saturated carbocycles. The molecule has 1 unspecified atom stereocenters. The van der Waals surface area contributed by atoms with Gasteiger partial charge in [0.15, 0.2) is 10.1 Å². The van der Waals surface area contributed by atoms with Gasteiger partial charge in [0, 0.05) is 6.42 Å². The third-order valence-electron chi connectivity index (χ3n) is 3.59. The minimum Gasteiger partial charge on any atom is -0.741 e. The quantitative estimate of drug-likeness (QED) is 0.122. The second-order valence-electron chi connectivity index (χ2n) is 5.06. The van der Waals surface area contributed by atoms with Gasteiger partial charge in [0.05, 0.1) is 37.9 Å². The van der Waals surface area contributed by atoms with Crippen LogP contribution in [0.1, 0.15) is 20.3 Å². The van der Waals surface area contributed by atoms with Gasteiger partial charge in [-0.25, -0.2) is 13.4 Å². The average molecular weight is 378 g/mol. The van der Waals surface area contributed by atoms with E-state index in [2.05, 4.69) is 36.2 Å². The Bertz CT molecular complexity index is 497. The van der Waals surface area contributed by atoms with E-state index in [0.717, 1.165) is 30.6 Å². The molecule has 1 rings (SSSR count). The molecule has 1 aliphatic heterocycles. The summed E-state index contributed by atoms with van der Waals surface area (Å²) >= 11 is 4.55. The summed E-state index contributed by atoms with van der Waals surface area (Å²) in [6.07, 6.45) is 1.61. The van der Waals surface area contributed by atoms with E-state index in [1.54, 1.807) is 0 Å². The van der Waals surface area contributed by atoms with Gasteiger partial charge in [0.25, 0.3) is 0 Å². The van der Waals surface area contributed by atoms with Gasteiger partial charge in [0.1, 0.15) is 12.6 Å². The number of quaternary nitrogens is 1. The SMILES string of the molecule is CC[N+](CC)(CCCN=C=S)CC1CO1.O=S(=O)([O-])C(F)(F)F. The Morgan fingerprint density at radius 1 is 1.39 bits per heavy atom. The highest BCUT2D eigenvalue weighted by Gasteiger charge is 2.37. The van der Waals surface area contributed by atoms with Crippen molar-refractivity contribution in [3.05, 3.63) is 0 Å². The molecule has 0 amide bonds. The summed E-state index contributed by atoms with van der Waals surface area (Å²) in [5.74, 6) is 0. The Labute approximate surface area is 139 Å². The number of alkyl halides is 3. The molecule has 0 N–H and O–H groups in total. The number of aliphatic imine (C=N–C) groups is 1. The van der Waals surface area contributed by atoms with Gasteiger partial charge in [-0.05, 0) is 26.1 Å². The van der Waals surface area contributed by atoms with Crippen molar-refractivity contribution in [2.45, 2.75) is 31.9 Å². The number of epoxide rings is 1. The maximum atomic E-state index is 10.7. The van der Waals surface area contributed by atoms with E-state index in [0.29, 0.717) is 6.10 Å². The molecule has 1 atom stereocenters. The van der Waals surface area contributed by atoms with Crippen molar-refractivity contribution < 1.29 is 35.4 Å². The number of likely N-dealkylation sites (N-methyl/N-ethyl adjacent to an activating group) is 1. The molecule has 0 aromatic carbocycles. The number of halogens is 3. The fourth-order valence-electron chi connectivity index (χ4n) is 2.03. The first-order valence-corrected chi connectivity index (χ1v) is 8.85. The highest BCUT2D eigenvalue weighted by Crippen LogP contribution is 2.20. The third-order valence-corrected chi connectivity index (χ3v) is 4.28. The maximum absolute atomic E-state index is 10.7. The van der Waals surface area contributed by atoms with Gasteiger partial charge in [-0.1, -0.05) is 0 Å². The zero-order valence-corrected chi connectivity index (χ0v) is 14.6. The molecule has 23 heavy (non-hydrogen) atoms. The highest BCUT2D eigenvalue weighted by atomic mass is 32.2. The van der Waals surface area contributed by atoms with E-state index in [-0.39, 0.29) is 0 Å². The Balaban J connectivity index is 0.000000515. The van der Waals surface area contributed by atoms with Gasteiger partial charge in [0.2, 0.25) is 0 Å². The number of hydrogen-bond acceptors (Lipinski definition) is 6. The van der Waals surface area contributed by atoms with Crippen molar-refractivity contribution in [1.82, 2.24) is 0 Å². The number of rotatable bonds is 8. The van der Waals surface area contributed by atoms with Crippen molar-refractivity contribution >= 4 is 27.5 Å². The summed E-state index contributed by atoms with van der Waals surface area (Å²) in [4.78, 5) is 3.96. The van der Waals surface area contributed by atoms with Crippen LogP contribution in [-0.2, 0) is 14.9 Å². The van der Waals surface area contributed by atoms with Crippen LogP contribution >= 0.6 is 12.2 Å². The zero-order chi connectivity index (χ0) is 18.1. The van der Waals surface area contributed by atoms with Crippen LogP contribution in [0.5, 0.6) is 0 Å². The number of thiocarbonyl (C=S) groups is 1. The lowest BCUT2D eigenvalue weighted by Gasteiger charge is -2.36. The molecular formula is C12H21F3N2O4S2. The summed E-state index contributed by atoms with van der Waals surface area (Å²) < 4.78 is 65.4. The summed E-state index contributed by atoms with van der Waals surface area (Å²) in [5, 5.41) is 2.42. The summed E-state index contributed by atoms with van der Waals surface area (Å²) in [6.45, 7) is 11.0. The van der Waals surface area contributed by atoms with Crippen molar-refractivity contribution in [1.29, 1.82) is 0 Å². The number of hydrogen-bond donors (Lipinski definition) is 0. The van der Waals surface area contributed by atoms with E-state index in [1.807, 2.05) is 0 Å². The van der Waals surface area contributed by atoms with Crippen molar-refractivity contribution in [3.8, 4) is 0 Å². The number of isothiocyanates is 1. The molecule has 0 radical (unpaired) electrons. The van der Waals surface area contributed by atoms with Gasteiger partial charge in [-0.2, -0.15) is 13.2 Å². The van der Waals surface area contributed by atoms with Crippen LogP contribution in [-0.4, -0.2) is 73.6 Å². The van der Waals surface area contributed by atoms with Crippen LogP contribution < -0.4 is 0 Å². The van der Waals surface area contributed by atoms with Crippen LogP contribution in [0.3, 0.4) is 0 Å². The van der Waals surface area contributed by atoms with Crippen molar-refractivity contribution in [2.24, 2.45) is 4.99 Å². The van der Waals surface area contributed by atoms with E-state index >= 15 is 0 Å². The van der Waals surface area contributed by atoms with Crippen LogP contribution in [0.2, 0.25) is 0 Å². The first-order chi connectivity index (χ1) is 10.5. The van der Waals surface area contributed by atoms with Gasteiger partial charge < -0.3 is 13.8 Å². The molecule has 11 heteroatoms. The van der Waals surface area contributed by atoms with Crippen LogP contribution in [0.4, 0.5) is 13.2 Å². The monoisotopic (exact) mass is 378 g/mol. The third kappa shape index (κ3) is 9.33. The lowest BCUT2D eigenvalue weighted by atomic mass is 10.2. The Hall–Kier alpha value is -0.580. The molecule has 136 valence electrons. The number of ether oxygens (including phenoxy) is 1. The second-order valence-corrected chi connectivity index (χ2v) is 6.62. The van der Waals surface area contributed by atoms with E-state index < -0.39 is 15.6 Å². The minimum atomic E-state index is -6.09. The average Bonchev–Trinajstić information content (AvgIpc) is 3.25. The molecular weight excluding hydrogens is 357 g/mol. The molecule has 0 aliphatic carbocycles. The summed E-state index contributed by atoms with van der Waals surface area (Å²) in [6, 6.07) is 0. The molecule has 1 heterocycles. The fraction of sp³-hybridized carbons (Fsp3) is 0.917. The first-order valence-electron chi connectivity index (χ1n) is 7.04. The van der Waals surface area contributed by atoms with Gasteiger partial charge >= 0.3 is 5.51 Å². The minimum absolute atomic E-state index is 0.513. The van der Waals surface area contributed by atoms with E-state index in [1.165, 1.54) is 19.6 Å². The largest absolute Gasteiger partial charge is 0.741 e. The summed E-state index contributed by atoms with van der Waals surface area (Å²) in [5.41, 5.74) is -5.65. The van der Waals surface area contributed by atoms with Gasteiger partial charge in [-0.15, -0.1) is 0 Å². The molecule has 6 nitrogen and oxygen atoms in total.